The van der Waals surface area contributed by atoms with Crippen molar-refractivity contribution in [1.29, 1.82) is 0 Å². The van der Waals surface area contributed by atoms with Crippen LogP contribution in [0.4, 0.5) is 10.1 Å². The van der Waals surface area contributed by atoms with Gasteiger partial charge in [-0.1, -0.05) is 43.2 Å². The van der Waals surface area contributed by atoms with Crippen molar-refractivity contribution < 1.29 is 13.9 Å². The predicted molar refractivity (Wildman–Crippen MR) is 129 cm³/mol. The quantitative estimate of drug-likeness (QED) is 0.427. The highest BCUT2D eigenvalue weighted by molar-refractivity contribution is 8.00. The van der Waals surface area contributed by atoms with Crippen molar-refractivity contribution in [2.45, 2.75) is 25.6 Å². The van der Waals surface area contributed by atoms with Crippen LogP contribution in [-0.4, -0.2) is 18.3 Å². The standard InChI is InChI=1S/C27H24FNO2S/c1-3-4-5-16-31-24-14-15-25(19(2)17-24)20-8-12-23(13-9-20)29-26(30)18-32-27(29)21-6-10-22(28)11-7-21/h6-15,17,27H,3,16,18H2,1-2H3. The summed E-state index contributed by atoms with van der Waals surface area (Å²) in [4.78, 5) is 14.4. The molecule has 0 N–H and O–H groups in total. The van der Waals surface area contributed by atoms with Crippen LogP contribution in [-0.2, 0) is 4.79 Å². The smallest absolute Gasteiger partial charge is 0.238 e. The first kappa shape index (κ1) is 22.0. The first-order valence-electron chi connectivity index (χ1n) is 10.6. The second kappa shape index (κ2) is 9.93. The van der Waals surface area contributed by atoms with E-state index in [0.29, 0.717) is 12.4 Å². The molecule has 4 rings (SSSR count). The lowest BCUT2D eigenvalue weighted by Crippen LogP contribution is -2.27. The fourth-order valence-electron chi connectivity index (χ4n) is 3.72. The number of hydrogen-bond acceptors (Lipinski definition) is 3. The van der Waals surface area contributed by atoms with Gasteiger partial charge in [0.05, 0.1) is 5.75 Å². The third kappa shape index (κ3) is 4.81. The predicted octanol–water partition coefficient (Wildman–Crippen LogP) is 6.37. The molecule has 3 aromatic carbocycles. The Bertz CT molecular complexity index is 1160. The summed E-state index contributed by atoms with van der Waals surface area (Å²) in [6.45, 7) is 4.45. The topological polar surface area (TPSA) is 29.5 Å². The fourth-order valence-corrected chi connectivity index (χ4v) is 4.90. The Labute approximate surface area is 192 Å². The van der Waals surface area contributed by atoms with Gasteiger partial charge in [-0.2, -0.15) is 0 Å². The number of hydrogen-bond donors (Lipinski definition) is 0. The van der Waals surface area contributed by atoms with Crippen LogP contribution < -0.4 is 9.64 Å². The molecule has 1 aliphatic rings. The first-order valence-corrected chi connectivity index (χ1v) is 11.6. The zero-order valence-corrected chi connectivity index (χ0v) is 18.9. The molecule has 1 saturated heterocycles. The van der Waals surface area contributed by atoms with Gasteiger partial charge in [-0.15, -0.1) is 17.7 Å². The summed E-state index contributed by atoms with van der Waals surface area (Å²) in [7, 11) is 0. The van der Waals surface area contributed by atoms with E-state index in [1.807, 2.05) is 49.4 Å². The number of carbonyl (C=O) groups excluding carboxylic acids is 1. The molecule has 1 heterocycles. The summed E-state index contributed by atoms with van der Waals surface area (Å²) in [5, 5.41) is -0.150. The summed E-state index contributed by atoms with van der Waals surface area (Å²) >= 11 is 1.56. The average molecular weight is 446 g/mol. The molecule has 0 aliphatic carbocycles. The molecule has 162 valence electrons. The molecule has 0 aromatic heterocycles. The number of thioether (sulfide) groups is 1. The summed E-state index contributed by atoms with van der Waals surface area (Å²) in [5.74, 6) is 6.96. The van der Waals surface area contributed by atoms with Gasteiger partial charge in [0.15, 0.2) is 0 Å². The summed E-state index contributed by atoms with van der Waals surface area (Å²) in [6.07, 6.45) is 0.823. The maximum absolute atomic E-state index is 13.3. The fraction of sp³-hybridized carbons (Fsp3) is 0.222. The van der Waals surface area contributed by atoms with E-state index in [0.717, 1.165) is 40.1 Å². The van der Waals surface area contributed by atoms with Crippen molar-refractivity contribution in [3.05, 3.63) is 83.7 Å². The molecule has 3 nitrogen and oxygen atoms in total. The lowest BCUT2D eigenvalue weighted by Gasteiger charge is -2.24. The second-order valence-corrected chi connectivity index (χ2v) is 8.57. The third-order valence-electron chi connectivity index (χ3n) is 5.29. The molecule has 5 heteroatoms. The minimum absolute atomic E-state index is 0.0564. The maximum atomic E-state index is 13.3. The highest BCUT2D eigenvalue weighted by Crippen LogP contribution is 2.42. The molecule has 1 unspecified atom stereocenters. The Morgan fingerprint density at radius 3 is 2.50 bits per heavy atom. The molecule has 32 heavy (non-hydrogen) atoms. The first-order chi connectivity index (χ1) is 15.6. The molecule has 1 aliphatic heterocycles. The van der Waals surface area contributed by atoms with E-state index >= 15 is 0 Å². The van der Waals surface area contributed by atoms with Crippen LogP contribution in [0, 0.1) is 24.6 Å². The molecule has 1 amide bonds. The van der Waals surface area contributed by atoms with Crippen molar-refractivity contribution >= 4 is 23.4 Å². The van der Waals surface area contributed by atoms with Gasteiger partial charge in [0.1, 0.15) is 23.5 Å². The Hall–Kier alpha value is -3.23. The van der Waals surface area contributed by atoms with Crippen LogP contribution in [0.2, 0.25) is 0 Å². The normalized spacial score (nSPS) is 15.4. The van der Waals surface area contributed by atoms with Gasteiger partial charge in [0.25, 0.3) is 0 Å². The van der Waals surface area contributed by atoms with Crippen LogP contribution >= 0.6 is 11.8 Å². The van der Waals surface area contributed by atoms with E-state index in [9.17, 15) is 9.18 Å². The molecule has 0 bridgehead atoms. The second-order valence-electron chi connectivity index (χ2n) is 7.50. The Kier molecular flexibility index (Phi) is 6.82. The number of ether oxygens (including phenoxy) is 1. The van der Waals surface area contributed by atoms with Gasteiger partial charge in [-0.25, -0.2) is 4.39 Å². The number of amides is 1. The number of halogens is 1. The van der Waals surface area contributed by atoms with E-state index in [1.165, 1.54) is 12.1 Å². The molecule has 3 aromatic rings. The van der Waals surface area contributed by atoms with Gasteiger partial charge in [-0.05, 0) is 65.6 Å². The van der Waals surface area contributed by atoms with E-state index in [2.05, 4.69) is 18.8 Å². The number of nitrogens with zero attached hydrogens (tertiary/aromatic N) is 1. The summed E-state index contributed by atoms with van der Waals surface area (Å²) in [6, 6.07) is 20.4. The molecule has 1 atom stereocenters. The Morgan fingerprint density at radius 1 is 1.06 bits per heavy atom. The molecule has 0 radical (unpaired) electrons. The number of aryl methyl sites for hydroxylation is 1. The van der Waals surface area contributed by atoms with Gasteiger partial charge in [0, 0.05) is 12.1 Å². The zero-order chi connectivity index (χ0) is 22.5. The van der Waals surface area contributed by atoms with E-state index in [-0.39, 0.29) is 17.1 Å². The molecular formula is C27H24FNO2S. The van der Waals surface area contributed by atoms with Crippen LogP contribution in [0.25, 0.3) is 11.1 Å². The monoisotopic (exact) mass is 445 g/mol. The molecule has 0 saturated carbocycles. The number of benzene rings is 3. The van der Waals surface area contributed by atoms with Crippen LogP contribution in [0.15, 0.2) is 66.7 Å². The van der Waals surface area contributed by atoms with Gasteiger partial charge in [-0.3, -0.25) is 9.69 Å². The minimum Gasteiger partial charge on any atom is -0.481 e. The van der Waals surface area contributed by atoms with Crippen LogP contribution in [0.3, 0.4) is 0 Å². The van der Waals surface area contributed by atoms with E-state index in [1.54, 1.807) is 28.8 Å². The summed E-state index contributed by atoms with van der Waals surface area (Å²) < 4.78 is 19.0. The Morgan fingerprint density at radius 2 is 1.81 bits per heavy atom. The van der Waals surface area contributed by atoms with Gasteiger partial charge >= 0.3 is 0 Å². The molecule has 1 fully saturated rings. The van der Waals surface area contributed by atoms with E-state index in [4.69, 9.17) is 4.74 Å². The Balaban J connectivity index is 1.53. The zero-order valence-electron chi connectivity index (χ0n) is 18.1. The van der Waals surface area contributed by atoms with Crippen molar-refractivity contribution in [3.63, 3.8) is 0 Å². The summed E-state index contributed by atoms with van der Waals surface area (Å²) in [5.41, 5.74) is 5.05. The number of rotatable bonds is 5. The van der Waals surface area contributed by atoms with Gasteiger partial charge in [0.2, 0.25) is 5.91 Å². The number of carbonyl (C=O) groups is 1. The maximum Gasteiger partial charge on any atom is 0.238 e. The highest BCUT2D eigenvalue weighted by Gasteiger charge is 2.34. The van der Waals surface area contributed by atoms with Crippen LogP contribution in [0.1, 0.15) is 29.8 Å². The largest absolute Gasteiger partial charge is 0.481 e. The number of anilines is 1. The molecular weight excluding hydrogens is 421 g/mol. The van der Waals surface area contributed by atoms with Crippen molar-refractivity contribution in [1.82, 2.24) is 0 Å². The third-order valence-corrected chi connectivity index (χ3v) is 6.50. The van der Waals surface area contributed by atoms with E-state index < -0.39 is 0 Å². The molecule has 0 spiro atoms. The van der Waals surface area contributed by atoms with Crippen LogP contribution in [0.5, 0.6) is 5.75 Å². The average Bonchev–Trinajstić information content (AvgIpc) is 3.19. The lowest BCUT2D eigenvalue weighted by molar-refractivity contribution is -0.115. The minimum atomic E-state index is -0.278. The van der Waals surface area contributed by atoms with Gasteiger partial charge < -0.3 is 4.74 Å². The van der Waals surface area contributed by atoms with Crippen molar-refractivity contribution in [3.8, 4) is 28.7 Å². The van der Waals surface area contributed by atoms with Crippen molar-refractivity contribution in [2.75, 3.05) is 17.3 Å². The van der Waals surface area contributed by atoms with Crippen molar-refractivity contribution in [2.24, 2.45) is 0 Å². The lowest BCUT2D eigenvalue weighted by atomic mass is 10.00. The SMILES string of the molecule is CCC#CCOc1ccc(-c2ccc(N3C(=O)CSC3c3ccc(F)cc3)cc2)c(C)c1. The highest BCUT2D eigenvalue weighted by atomic mass is 32.2.